The van der Waals surface area contributed by atoms with Crippen LogP contribution in [0.25, 0.3) is 0 Å². The van der Waals surface area contributed by atoms with Crippen LogP contribution in [0.15, 0.2) is 30.3 Å². The monoisotopic (exact) mass is 334 g/mol. The van der Waals surface area contributed by atoms with Crippen molar-refractivity contribution in [2.75, 3.05) is 13.2 Å². The molecule has 6 nitrogen and oxygen atoms in total. The van der Waals surface area contributed by atoms with Crippen LogP contribution in [0, 0.1) is 0 Å². The molecule has 6 heteroatoms. The van der Waals surface area contributed by atoms with E-state index in [2.05, 4.69) is 0 Å². The summed E-state index contributed by atoms with van der Waals surface area (Å²) in [7, 11) is 0. The highest BCUT2D eigenvalue weighted by atomic mass is 16.6. The van der Waals surface area contributed by atoms with Crippen molar-refractivity contribution in [1.29, 1.82) is 0 Å². The van der Waals surface area contributed by atoms with Gasteiger partial charge in [-0.1, -0.05) is 30.3 Å². The highest BCUT2D eigenvalue weighted by Gasteiger charge is 2.33. The Balaban J connectivity index is 1.92. The summed E-state index contributed by atoms with van der Waals surface area (Å²) in [5.74, 6) is -0.326. The average Bonchev–Trinajstić information content (AvgIpc) is 2.60. The lowest BCUT2D eigenvalue weighted by molar-refractivity contribution is -0.143. The molecule has 2 rings (SSSR count). The molecule has 0 radical (unpaired) electrons. The van der Waals surface area contributed by atoms with E-state index >= 15 is 0 Å². The van der Waals surface area contributed by atoms with E-state index in [9.17, 15) is 9.59 Å². The Labute approximate surface area is 142 Å². The average molecular weight is 334 g/mol. The lowest BCUT2D eigenvalue weighted by Gasteiger charge is -2.38. The van der Waals surface area contributed by atoms with Gasteiger partial charge in [-0.3, -0.25) is 4.79 Å². The van der Waals surface area contributed by atoms with Gasteiger partial charge in [0.05, 0.1) is 19.1 Å². The van der Waals surface area contributed by atoms with Crippen LogP contribution in [0.3, 0.4) is 0 Å². The van der Waals surface area contributed by atoms with Crippen molar-refractivity contribution in [3.63, 3.8) is 0 Å². The molecule has 1 aliphatic rings. The van der Waals surface area contributed by atoms with Crippen molar-refractivity contribution in [3.8, 4) is 0 Å². The Hall–Kier alpha value is -2.08. The summed E-state index contributed by atoms with van der Waals surface area (Å²) < 4.78 is 10.4. The Kier molecular flexibility index (Phi) is 7.06. The standard InChI is InChI=1S/C18H26N2O4/c1-2-23-17(21)12-15(19)16-10-6-7-11-20(16)18(22)24-13-14-8-4-3-5-9-14/h3-5,8-9,15-16H,2,6-7,10-13,19H2,1H3. The second kappa shape index (κ2) is 9.27. The van der Waals surface area contributed by atoms with E-state index in [1.807, 2.05) is 30.3 Å². The van der Waals surface area contributed by atoms with Gasteiger partial charge in [0.15, 0.2) is 0 Å². The first-order chi connectivity index (χ1) is 11.6. The number of carbonyl (C=O) groups is 2. The van der Waals surface area contributed by atoms with E-state index in [4.69, 9.17) is 15.2 Å². The third-order valence-electron chi connectivity index (χ3n) is 4.19. The van der Waals surface area contributed by atoms with Gasteiger partial charge in [-0.15, -0.1) is 0 Å². The Bertz CT molecular complexity index is 535. The minimum Gasteiger partial charge on any atom is -0.466 e. The molecule has 0 spiro atoms. The number of amides is 1. The number of hydrogen-bond donors (Lipinski definition) is 1. The molecule has 24 heavy (non-hydrogen) atoms. The maximum Gasteiger partial charge on any atom is 0.410 e. The summed E-state index contributed by atoms with van der Waals surface area (Å²) in [5.41, 5.74) is 7.10. The number of nitrogens with zero attached hydrogens (tertiary/aromatic N) is 1. The van der Waals surface area contributed by atoms with E-state index in [0.717, 1.165) is 24.8 Å². The third kappa shape index (κ3) is 5.23. The number of esters is 1. The van der Waals surface area contributed by atoms with Crippen molar-refractivity contribution in [2.24, 2.45) is 5.73 Å². The fourth-order valence-corrected chi connectivity index (χ4v) is 2.98. The van der Waals surface area contributed by atoms with E-state index < -0.39 is 6.04 Å². The maximum absolute atomic E-state index is 12.4. The largest absolute Gasteiger partial charge is 0.466 e. The van der Waals surface area contributed by atoms with E-state index in [-0.39, 0.29) is 31.1 Å². The van der Waals surface area contributed by atoms with Crippen molar-refractivity contribution in [2.45, 2.75) is 51.3 Å². The van der Waals surface area contributed by atoms with Crippen LogP contribution in [0.4, 0.5) is 4.79 Å². The zero-order chi connectivity index (χ0) is 17.4. The molecule has 1 aromatic carbocycles. The van der Waals surface area contributed by atoms with Gasteiger partial charge in [-0.25, -0.2) is 4.79 Å². The van der Waals surface area contributed by atoms with Crippen LogP contribution in [0.5, 0.6) is 0 Å². The first kappa shape index (κ1) is 18.3. The minimum absolute atomic E-state index is 0.112. The van der Waals surface area contributed by atoms with Gasteiger partial charge in [0.25, 0.3) is 0 Å². The molecule has 0 saturated carbocycles. The molecule has 1 saturated heterocycles. The second-order valence-electron chi connectivity index (χ2n) is 5.97. The Morgan fingerprint density at radius 1 is 1.25 bits per heavy atom. The van der Waals surface area contributed by atoms with Crippen LogP contribution in [0.2, 0.25) is 0 Å². The first-order valence-electron chi connectivity index (χ1n) is 8.50. The number of rotatable bonds is 6. The topological polar surface area (TPSA) is 81.9 Å². The molecule has 1 heterocycles. The van der Waals surface area contributed by atoms with Gasteiger partial charge in [0, 0.05) is 12.6 Å². The second-order valence-corrected chi connectivity index (χ2v) is 5.97. The van der Waals surface area contributed by atoms with Gasteiger partial charge >= 0.3 is 12.1 Å². The Morgan fingerprint density at radius 2 is 2.00 bits per heavy atom. The number of ether oxygens (including phenoxy) is 2. The smallest absolute Gasteiger partial charge is 0.410 e. The molecular weight excluding hydrogens is 308 g/mol. The fraction of sp³-hybridized carbons (Fsp3) is 0.556. The molecule has 2 atom stereocenters. The van der Waals surface area contributed by atoms with Crippen molar-refractivity contribution < 1.29 is 19.1 Å². The number of likely N-dealkylation sites (tertiary alicyclic amines) is 1. The molecule has 2 N–H and O–H groups in total. The highest BCUT2D eigenvalue weighted by molar-refractivity contribution is 5.71. The molecule has 1 aromatic rings. The number of carbonyl (C=O) groups excluding carboxylic acids is 2. The van der Waals surface area contributed by atoms with Crippen molar-refractivity contribution in [3.05, 3.63) is 35.9 Å². The SMILES string of the molecule is CCOC(=O)CC(N)C1CCCCN1C(=O)OCc1ccccc1. The summed E-state index contributed by atoms with van der Waals surface area (Å²) in [6.07, 6.45) is 2.43. The molecule has 0 bridgehead atoms. The number of nitrogens with two attached hydrogens (primary N) is 1. The summed E-state index contributed by atoms with van der Waals surface area (Å²) in [4.78, 5) is 25.7. The Morgan fingerprint density at radius 3 is 2.71 bits per heavy atom. The van der Waals surface area contributed by atoms with Crippen molar-refractivity contribution >= 4 is 12.1 Å². The number of benzene rings is 1. The lowest BCUT2D eigenvalue weighted by atomic mass is 9.94. The zero-order valence-corrected chi connectivity index (χ0v) is 14.1. The van der Waals surface area contributed by atoms with Crippen LogP contribution in [0.1, 0.15) is 38.2 Å². The van der Waals surface area contributed by atoms with E-state index in [0.29, 0.717) is 13.2 Å². The van der Waals surface area contributed by atoms with E-state index in [1.165, 1.54) is 0 Å². The molecule has 132 valence electrons. The summed E-state index contributed by atoms with van der Waals surface area (Å²) in [6.45, 7) is 2.93. The zero-order valence-electron chi connectivity index (χ0n) is 14.1. The molecule has 1 fully saturated rings. The van der Waals surface area contributed by atoms with Gasteiger partial charge in [-0.2, -0.15) is 0 Å². The van der Waals surface area contributed by atoms with Gasteiger partial charge in [-0.05, 0) is 31.7 Å². The van der Waals surface area contributed by atoms with Gasteiger partial charge in [0.1, 0.15) is 6.61 Å². The summed E-state index contributed by atoms with van der Waals surface area (Å²) in [5, 5.41) is 0. The third-order valence-corrected chi connectivity index (χ3v) is 4.19. The summed E-state index contributed by atoms with van der Waals surface area (Å²) in [6, 6.07) is 8.92. The first-order valence-corrected chi connectivity index (χ1v) is 8.50. The fourth-order valence-electron chi connectivity index (χ4n) is 2.98. The lowest BCUT2D eigenvalue weighted by Crippen LogP contribution is -2.53. The van der Waals surface area contributed by atoms with Crippen LogP contribution in [-0.2, 0) is 20.9 Å². The molecule has 0 aromatic heterocycles. The highest BCUT2D eigenvalue weighted by Crippen LogP contribution is 2.22. The number of piperidine rings is 1. The molecule has 2 unspecified atom stereocenters. The van der Waals surface area contributed by atoms with Crippen molar-refractivity contribution in [1.82, 2.24) is 4.90 Å². The van der Waals surface area contributed by atoms with Gasteiger partial charge < -0.3 is 20.1 Å². The van der Waals surface area contributed by atoms with Gasteiger partial charge in [0.2, 0.25) is 0 Å². The predicted octanol–water partition coefficient (Wildman–Crippen LogP) is 2.46. The molecule has 1 aliphatic heterocycles. The maximum atomic E-state index is 12.4. The quantitative estimate of drug-likeness (QED) is 0.808. The molecular formula is C18H26N2O4. The van der Waals surface area contributed by atoms with Crippen LogP contribution in [-0.4, -0.2) is 42.2 Å². The predicted molar refractivity (Wildman–Crippen MR) is 90.2 cm³/mol. The number of hydrogen-bond acceptors (Lipinski definition) is 5. The van der Waals surface area contributed by atoms with Crippen LogP contribution < -0.4 is 5.73 Å². The summed E-state index contributed by atoms with van der Waals surface area (Å²) >= 11 is 0. The normalized spacial score (nSPS) is 18.8. The minimum atomic E-state index is -0.436. The van der Waals surface area contributed by atoms with Crippen LogP contribution >= 0.6 is 0 Å². The molecule has 1 amide bonds. The molecule has 0 aliphatic carbocycles. The van der Waals surface area contributed by atoms with E-state index in [1.54, 1.807) is 11.8 Å².